The summed E-state index contributed by atoms with van der Waals surface area (Å²) in [7, 11) is 0. The summed E-state index contributed by atoms with van der Waals surface area (Å²) in [6, 6.07) is 18.5. The van der Waals surface area contributed by atoms with Gasteiger partial charge in [-0.1, -0.05) is 48.0 Å². The number of aryl methyl sites for hydroxylation is 1. The first-order valence-corrected chi connectivity index (χ1v) is 8.76. The molecule has 5 nitrogen and oxygen atoms in total. The first-order chi connectivity index (χ1) is 12.6. The van der Waals surface area contributed by atoms with E-state index in [0.29, 0.717) is 5.95 Å². The molecule has 0 bridgehead atoms. The quantitative estimate of drug-likeness (QED) is 0.558. The lowest BCUT2D eigenvalue weighted by atomic mass is 10.1. The summed E-state index contributed by atoms with van der Waals surface area (Å²) in [5.41, 5.74) is 5.01. The summed E-state index contributed by atoms with van der Waals surface area (Å²) in [6.45, 7) is 6.28. The molecule has 0 unspecified atom stereocenters. The van der Waals surface area contributed by atoms with Gasteiger partial charge in [-0.3, -0.25) is 0 Å². The van der Waals surface area contributed by atoms with Crippen LogP contribution in [-0.4, -0.2) is 19.7 Å². The van der Waals surface area contributed by atoms with E-state index < -0.39 is 0 Å². The van der Waals surface area contributed by atoms with Crippen LogP contribution in [0, 0.1) is 6.92 Å². The Labute approximate surface area is 152 Å². The molecule has 4 aromatic rings. The largest absolute Gasteiger partial charge is 0.324 e. The molecule has 2 aromatic carbocycles. The van der Waals surface area contributed by atoms with Crippen LogP contribution in [0.5, 0.6) is 0 Å². The lowest BCUT2D eigenvalue weighted by Crippen LogP contribution is -2.05. The molecular formula is C21H21N5. The van der Waals surface area contributed by atoms with Crippen molar-refractivity contribution >= 4 is 22.7 Å². The van der Waals surface area contributed by atoms with Gasteiger partial charge in [0.2, 0.25) is 5.95 Å². The van der Waals surface area contributed by atoms with E-state index in [-0.39, 0.29) is 6.04 Å². The third kappa shape index (κ3) is 3.04. The monoisotopic (exact) mass is 343 g/mol. The summed E-state index contributed by atoms with van der Waals surface area (Å²) in [6.07, 6.45) is 1.85. The molecule has 0 atom stereocenters. The van der Waals surface area contributed by atoms with Gasteiger partial charge in [0.1, 0.15) is 5.69 Å². The van der Waals surface area contributed by atoms with Crippen LogP contribution in [0.2, 0.25) is 0 Å². The molecular weight excluding hydrogens is 322 g/mol. The number of nitrogens with zero attached hydrogens (tertiary/aromatic N) is 4. The fourth-order valence-corrected chi connectivity index (χ4v) is 2.92. The third-order valence-electron chi connectivity index (χ3n) is 4.29. The molecule has 130 valence electrons. The highest BCUT2D eigenvalue weighted by atomic mass is 15.3. The summed E-state index contributed by atoms with van der Waals surface area (Å²) in [4.78, 5) is 9.25. The van der Waals surface area contributed by atoms with Gasteiger partial charge in [-0.2, -0.15) is 10.1 Å². The average Bonchev–Trinajstić information content (AvgIpc) is 3.03. The van der Waals surface area contributed by atoms with E-state index in [9.17, 15) is 0 Å². The molecule has 0 aliphatic heterocycles. The Morgan fingerprint density at radius 1 is 0.962 bits per heavy atom. The maximum Gasteiger partial charge on any atom is 0.229 e. The van der Waals surface area contributed by atoms with E-state index in [2.05, 4.69) is 55.3 Å². The molecule has 5 heteroatoms. The molecule has 2 aromatic heterocycles. The number of fused-ring (bicyclic) bond motifs is 1. The lowest BCUT2D eigenvalue weighted by molar-refractivity contribution is 0.548. The molecule has 0 saturated heterocycles. The predicted molar refractivity (Wildman–Crippen MR) is 106 cm³/mol. The van der Waals surface area contributed by atoms with Crippen molar-refractivity contribution in [1.29, 1.82) is 0 Å². The number of nitrogens with one attached hydrogen (secondary N) is 1. The Bertz CT molecular complexity index is 1030. The molecule has 1 N–H and O–H groups in total. The minimum Gasteiger partial charge on any atom is -0.324 e. The summed E-state index contributed by atoms with van der Waals surface area (Å²) < 4.78 is 1.96. The van der Waals surface area contributed by atoms with Gasteiger partial charge in [-0.05, 0) is 32.9 Å². The van der Waals surface area contributed by atoms with E-state index in [1.165, 1.54) is 5.56 Å². The second-order valence-corrected chi connectivity index (χ2v) is 6.67. The standard InChI is InChI=1S/C21H21N5/c1-14(2)26-20-18(19(25-26)16-7-5-4-6-8-16)13-22-21(24-20)23-17-11-9-15(3)10-12-17/h4-14H,1-3H3,(H,22,23,24). The summed E-state index contributed by atoms with van der Waals surface area (Å²) >= 11 is 0. The van der Waals surface area contributed by atoms with Crippen LogP contribution in [0.1, 0.15) is 25.5 Å². The third-order valence-corrected chi connectivity index (χ3v) is 4.29. The normalized spacial score (nSPS) is 11.2. The molecule has 0 fully saturated rings. The number of anilines is 2. The van der Waals surface area contributed by atoms with Gasteiger partial charge < -0.3 is 5.32 Å². The van der Waals surface area contributed by atoms with Crippen LogP contribution in [0.25, 0.3) is 22.3 Å². The van der Waals surface area contributed by atoms with E-state index >= 15 is 0 Å². The second kappa shape index (κ2) is 6.59. The lowest BCUT2D eigenvalue weighted by Gasteiger charge is -2.08. The maximum atomic E-state index is 4.81. The van der Waals surface area contributed by atoms with E-state index in [0.717, 1.165) is 28.0 Å². The fourth-order valence-electron chi connectivity index (χ4n) is 2.92. The van der Waals surface area contributed by atoms with Crippen LogP contribution >= 0.6 is 0 Å². The Hall–Kier alpha value is -3.21. The minimum atomic E-state index is 0.206. The molecule has 0 radical (unpaired) electrons. The van der Waals surface area contributed by atoms with E-state index in [1.54, 1.807) is 0 Å². The smallest absolute Gasteiger partial charge is 0.229 e. The SMILES string of the molecule is Cc1ccc(Nc2ncc3c(-c4ccccc4)nn(C(C)C)c3n2)cc1. The maximum absolute atomic E-state index is 4.81. The molecule has 0 spiro atoms. The van der Waals surface area contributed by atoms with Crippen LogP contribution in [0.4, 0.5) is 11.6 Å². The highest BCUT2D eigenvalue weighted by Crippen LogP contribution is 2.29. The first kappa shape index (κ1) is 16.3. The molecule has 4 rings (SSSR count). The zero-order valence-corrected chi connectivity index (χ0v) is 15.1. The molecule has 26 heavy (non-hydrogen) atoms. The van der Waals surface area contributed by atoms with Crippen LogP contribution in [0.3, 0.4) is 0 Å². The van der Waals surface area contributed by atoms with Gasteiger partial charge in [-0.15, -0.1) is 0 Å². The highest BCUT2D eigenvalue weighted by Gasteiger charge is 2.16. The molecule has 2 heterocycles. The van der Waals surface area contributed by atoms with Gasteiger partial charge in [-0.25, -0.2) is 9.67 Å². The van der Waals surface area contributed by atoms with Crippen molar-refractivity contribution in [2.45, 2.75) is 26.8 Å². The van der Waals surface area contributed by atoms with Crippen molar-refractivity contribution in [3.8, 4) is 11.3 Å². The number of rotatable bonds is 4. The zero-order chi connectivity index (χ0) is 18.1. The Balaban J connectivity index is 1.79. The van der Waals surface area contributed by atoms with Gasteiger partial charge >= 0.3 is 0 Å². The summed E-state index contributed by atoms with van der Waals surface area (Å²) in [5.74, 6) is 0.572. The second-order valence-electron chi connectivity index (χ2n) is 6.67. The number of benzene rings is 2. The van der Waals surface area contributed by atoms with E-state index in [4.69, 9.17) is 10.1 Å². The van der Waals surface area contributed by atoms with Crippen molar-refractivity contribution in [1.82, 2.24) is 19.7 Å². The van der Waals surface area contributed by atoms with Crippen molar-refractivity contribution in [3.05, 3.63) is 66.4 Å². The predicted octanol–water partition coefficient (Wildman–Crippen LogP) is 5.13. The van der Waals surface area contributed by atoms with Gasteiger partial charge in [0.15, 0.2) is 5.65 Å². The Kier molecular flexibility index (Phi) is 4.13. The van der Waals surface area contributed by atoms with Crippen LogP contribution < -0.4 is 5.32 Å². The number of aromatic nitrogens is 4. The van der Waals surface area contributed by atoms with E-state index in [1.807, 2.05) is 41.2 Å². The van der Waals surface area contributed by atoms with Crippen LogP contribution in [-0.2, 0) is 0 Å². The van der Waals surface area contributed by atoms with Gasteiger partial charge in [0.05, 0.1) is 5.39 Å². The molecule has 0 saturated carbocycles. The Morgan fingerprint density at radius 2 is 1.69 bits per heavy atom. The van der Waals surface area contributed by atoms with Gasteiger partial charge in [0, 0.05) is 23.5 Å². The topological polar surface area (TPSA) is 55.6 Å². The molecule has 0 aliphatic rings. The molecule has 0 amide bonds. The zero-order valence-electron chi connectivity index (χ0n) is 15.1. The fraction of sp³-hybridized carbons (Fsp3) is 0.190. The van der Waals surface area contributed by atoms with Crippen molar-refractivity contribution in [3.63, 3.8) is 0 Å². The number of hydrogen-bond acceptors (Lipinski definition) is 4. The minimum absolute atomic E-state index is 0.206. The average molecular weight is 343 g/mol. The first-order valence-electron chi connectivity index (χ1n) is 8.76. The Morgan fingerprint density at radius 3 is 2.38 bits per heavy atom. The van der Waals surface area contributed by atoms with Crippen LogP contribution in [0.15, 0.2) is 60.8 Å². The van der Waals surface area contributed by atoms with Crippen molar-refractivity contribution < 1.29 is 0 Å². The van der Waals surface area contributed by atoms with Gasteiger partial charge in [0.25, 0.3) is 0 Å². The highest BCUT2D eigenvalue weighted by molar-refractivity contribution is 5.91. The molecule has 0 aliphatic carbocycles. The number of hydrogen-bond donors (Lipinski definition) is 1. The van der Waals surface area contributed by atoms with Crippen molar-refractivity contribution in [2.75, 3.05) is 5.32 Å². The van der Waals surface area contributed by atoms with Crippen molar-refractivity contribution in [2.24, 2.45) is 0 Å². The summed E-state index contributed by atoms with van der Waals surface area (Å²) in [5, 5.41) is 9.04.